The Kier molecular flexibility index (Phi) is 3.53. The van der Waals surface area contributed by atoms with Crippen molar-refractivity contribution in [3.05, 3.63) is 63.9 Å². The summed E-state index contributed by atoms with van der Waals surface area (Å²) in [5.74, 6) is 0.607. The molecule has 1 aliphatic carbocycles. The van der Waals surface area contributed by atoms with Crippen LogP contribution in [-0.2, 0) is 12.8 Å². The summed E-state index contributed by atoms with van der Waals surface area (Å²) in [5, 5.41) is 0. The topological polar surface area (TPSA) is 12.9 Å². The second kappa shape index (κ2) is 5.14. The molecule has 3 heteroatoms. The first-order chi connectivity index (χ1) is 8.74. The molecule has 2 unspecified atom stereocenters. The third kappa shape index (κ3) is 2.39. The Morgan fingerprint density at radius 1 is 1.17 bits per heavy atom. The summed E-state index contributed by atoms with van der Waals surface area (Å²) in [6, 6.07) is 12.9. The summed E-state index contributed by atoms with van der Waals surface area (Å²) in [5.41, 5.74) is 4.08. The van der Waals surface area contributed by atoms with E-state index in [9.17, 15) is 0 Å². The molecule has 1 heterocycles. The van der Waals surface area contributed by atoms with Gasteiger partial charge in [0.25, 0.3) is 0 Å². The number of nitrogens with zero attached hydrogens (tertiary/aromatic N) is 1. The molecule has 0 radical (unpaired) electrons. The number of hydrogen-bond acceptors (Lipinski definition) is 1. The maximum atomic E-state index is 4.47. The van der Waals surface area contributed by atoms with Gasteiger partial charge in [0.05, 0.1) is 0 Å². The molecule has 0 spiro atoms. The van der Waals surface area contributed by atoms with E-state index in [-0.39, 0.29) is 0 Å². The van der Waals surface area contributed by atoms with Crippen LogP contribution < -0.4 is 0 Å². The molecule has 0 saturated carbocycles. The predicted molar refractivity (Wildman–Crippen MR) is 80.9 cm³/mol. The average Bonchev–Trinajstić information content (AvgIpc) is 2.70. The lowest BCUT2D eigenvalue weighted by molar-refractivity contribution is 0.547. The lowest BCUT2D eigenvalue weighted by Crippen LogP contribution is -2.07. The standard InChI is InChI=1S/C15H13Br2N/c16-12-5-6-13(18-9-12)8-11-7-10-3-1-2-4-14(10)15(11)17/h1-6,9,11,15H,7-8H2. The summed E-state index contributed by atoms with van der Waals surface area (Å²) >= 11 is 7.26. The monoisotopic (exact) mass is 365 g/mol. The van der Waals surface area contributed by atoms with Gasteiger partial charge in [0.2, 0.25) is 0 Å². The van der Waals surface area contributed by atoms with E-state index in [1.807, 2.05) is 6.20 Å². The van der Waals surface area contributed by atoms with E-state index >= 15 is 0 Å². The van der Waals surface area contributed by atoms with Crippen LogP contribution in [0.2, 0.25) is 0 Å². The van der Waals surface area contributed by atoms with Crippen LogP contribution in [0.3, 0.4) is 0 Å². The van der Waals surface area contributed by atoms with Gasteiger partial charge in [-0.25, -0.2) is 0 Å². The number of hydrogen-bond donors (Lipinski definition) is 0. The molecule has 1 aliphatic rings. The van der Waals surface area contributed by atoms with Crippen molar-refractivity contribution < 1.29 is 0 Å². The molecule has 1 nitrogen and oxygen atoms in total. The van der Waals surface area contributed by atoms with E-state index in [0.29, 0.717) is 10.7 Å². The second-order valence-corrected chi connectivity index (χ2v) is 6.64. The normalized spacial score (nSPS) is 21.9. The lowest BCUT2D eigenvalue weighted by atomic mass is 10.00. The van der Waals surface area contributed by atoms with E-state index < -0.39 is 0 Å². The highest BCUT2D eigenvalue weighted by Gasteiger charge is 2.30. The molecule has 0 fully saturated rings. The van der Waals surface area contributed by atoms with Gasteiger partial charge in [-0.2, -0.15) is 0 Å². The van der Waals surface area contributed by atoms with E-state index in [4.69, 9.17) is 0 Å². The zero-order valence-electron chi connectivity index (χ0n) is 9.81. The minimum absolute atomic E-state index is 0.458. The number of aromatic nitrogens is 1. The largest absolute Gasteiger partial charge is 0.260 e. The van der Waals surface area contributed by atoms with Gasteiger partial charge in [0.15, 0.2) is 0 Å². The SMILES string of the molecule is Brc1ccc(CC2Cc3ccccc3C2Br)nc1. The molecule has 0 saturated heterocycles. The molecule has 92 valence electrons. The van der Waals surface area contributed by atoms with E-state index in [2.05, 4.69) is 73.2 Å². The predicted octanol–water partition coefficient (Wildman–Crippen LogP) is 4.70. The van der Waals surface area contributed by atoms with Gasteiger partial charge in [0.1, 0.15) is 0 Å². The fraction of sp³-hybridized carbons (Fsp3) is 0.267. The van der Waals surface area contributed by atoms with Crippen LogP contribution in [-0.4, -0.2) is 4.98 Å². The maximum absolute atomic E-state index is 4.47. The first-order valence-corrected chi connectivity index (χ1v) is 7.77. The van der Waals surface area contributed by atoms with E-state index in [1.165, 1.54) is 16.8 Å². The Morgan fingerprint density at radius 3 is 2.72 bits per heavy atom. The maximum Gasteiger partial charge on any atom is 0.0433 e. The number of fused-ring (bicyclic) bond motifs is 1. The van der Waals surface area contributed by atoms with Gasteiger partial charge < -0.3 is 0 Å². The van der Waals surface area contributed by atoms with E-state index in [0.717, 1.165) is 17.3 Å². The second-order valence-electron chi connectivity index (χ2n) is 4.74. The van der Waals surface area contributed by atoms with Crippen molar-refractivity contribution >= 4 is 31.9 Å². The Bertz CT molecular complexity index is 551. The summed E-state index contributed by atoms with van der Waals surface area (Å²) in [4.78, 5) is 4.93. The van der Waals surface area contributed by atoms with Gasteiger partial charge >= 0.3 is 0 Å². The summed E-state index contributed by atoms with van der Waals surface area (Å²) in [6.45, 7) is 0. The summed E-state index contributed by atoms with van der Waals surface area (Å²) in [6.07, 6.45) is 4.04. The third-order valence-electron chi connectivity index (χ3n) is 3.51. The number of pyridine rings is 1. The first-order valence-electron chi connectivity index (χ1n) is 6.06. The van der Waals surface area contributed by atoms with Crippen LogP contribution >= 0.6 is 31.9 Å². The van der Waals surface area contributed by atoms with Crippen LogP contribution in [0.15, 0.2) is 47.1 Å². The average molecular weight is 367 g/mol. The minimum Gasteiger partial charge on any atom is -0.260 e. The molecule has 2 aromatic rings. The van der Waals surface area contributed by atoms with Crippen LogP contribution in [0.1, 0.15) is 21.6 Å². The molecule has 2 atom stereocenters. The van der Waals surface area contributed by atoms with Crippen molar-refractivity contribution in [3.8, 4) is 0 Å². The molecular formula is C15H13Br2N. The van der Waals surface area contributed by atoms with Crippen LogP contribution in [0.4, 0.5) is 0 Å². The van der Waals surface area contributed by atoms with Gasteiger partial charge in [0, 0.05) is 21.2 Å². The van der Waals surface area contributed by atoms with Crippen molar-refractivity contribution in [2.24, 2.45) is 5.92 Å². The highest BCUT2D eigenvalue weighted by Crippen LogP contribution is 2.43. The molecule has 18 heavy (non-hydrogen) atoms. The third-order valence-corrected chi connectivity index (χ3v) is 5.22. The quantitative estimate of drug-likeness (QED) is 0.702. The zero-order chi connectivity index (χ0) is 12.5. The molecule has 0 bridgehead atoms. The summed E-state index contributed by atoms with van der Waals surface area (Å²) < 4.78 is 1.04. The molecular weight excluding hydrogens is 354 g/mol. The number of alkyl halides is 1. The fourth-order valence-electron chi connectivity index (χ4n) is 2.60. The van der Waals surface area contributed by atoms with Crippen molar-refractivity contribution in [2.45, 2.75) is 17.7 Å². The van der Waals surface area contributed by atoms with Crippen molar-refractivity contribution in [2.75, 3.05) is 0 Å². The zero-order valence-corrected chi connectivity index (χ0v) is 13.0. The van der Waals surface area contributed by atoms with Gasteiger partial charge in [-0.3, -0.25) is 4.98 Å². The number of rotatable bonds is 2. The highest BCUT2D eigenvalue weighted by atomic mass is 79.9. The van der Waals surface area contributed by atoms with Crippen LogP contribution in [0.25, 0.3) is 0 Å². The Hall–Kier alpha value is -0.670. The highest BCUT2D eigenvalue weighted by molar-refractivity contribution is 9.10. The van der Waals surface area contributed by atoms with Gasteiger partial charge in [-0.05, 0) is 57.9 Å². The molecule has 3 rings (SSSR count). The lowest BCUT2D eigenvalue weighted by Gasteiger charge is -2.13. The van der Waals surface area contributed by atoms with Crippen LogP contribution in [0, 0.1) is 5.92 Å². The van der Waals surface area contributed by atoms with Crippen molar-refractivity contribution in [3.63, 3.8) is 0 Å². The Labute approximate surface area is 124 Å². The van der Waals surface area contributed by atoms with Gasteiger partial charge in [-0.1, -0.05) is 40.2 Å². The fourth-order valence-corrected chi connectivity index (χ4v) is 3.66. The molecule has 0 N–H and O–H groups in total. The van der Waals surface area contributed by atoms with Gasteiger partial charge in [-0.15, -0.1) is 0 Å². The van der Waals surface area contributed by atoms with Crippen molar-refractivity contribution in [1.29, 1.82) is 0 Å². The molecule has 0 aliphatic heterocycles. The first kappa shape index (κ1) is 12.4. The smallest absolute Gasteiger partial charge is 0.0433 e. The number of halogens is 2. The van der Waals surface area contributed by atoms with Crippen LogP contribution in [0.5, 0.6) is 0 Å². The molecule has 1 aromatic carbocycles. The van der Waals surface area contributed by atoms with Crippen molar-refractivity contribution in [1.82, 2.24) is 4.98 Å². The Morgan fingerprint density at radius 2 is 2.00 bits per heavy atom. The Balaban J connectivity index is 1.78. The van der Waals surface area contributed by atoms with E-state index in [1.54, 1.807) is 0 Å². The molecule has 0 amide bonds. The minimum atomic E-state index is 0.458. The number of benzene rings is 1. The molecule has 1 aromatic heterocycles. The summed E-state index contributed by atoms with van der Waals surface area (Å²) in [7, 11) is 0.